The summed E-state index contributed by atoms with van der Waals surface area (Å²) in [7, 11) is 0. The molecule has 1 aromatic heterocycles. The van der Waals surface area contributed by atoms with Gasteiger partial charge in [-0.15, -0.1) is 0 Å². The molecule has 10 rings (SSSR count). The Labute approximate surface area is 267 Å². The number of nitrogens with zero attached hydrogens (tertiary/aromatic N) is 1. The summed E-state index contributed by atoms with van der Waals surface area (Å²) in [5, 5.41) is 2.52. The Hall–Kier alpha value is -6.00. The first-order valence-corrected chi connectivity index (χ1v) is 15.7. The molecule has 0 amide bonds. The van der Waals surface area contributed by atoms with Gasteiger partial charge in [-0.05, 0) is 70.3 Å². The van der Waals surface area contributed by atoms with Crippen LogP contribution in [0, 0.1) is 0 Å². The van der Waals surface area contributed by atoms with E-state index in [2.05, 4.69) is 150 Å². The summed E-state index contributed by atoms with van der Waals surface area (Å²) in [4.78, 5) is 0. The highest BCUT2D eigenvalue weighted by Gasteiger charge is 2.40. The highest BCUT2D eigenvalue weighted by Crippen LogP contribution is 2.41. The quantitative estimate of drug-likeness (QED) is 0.192. The molecule has 7 aromatic carbocycles. The van der Waals surface area contributed by atoms with E-state index in [9.17, 15) is 0 Å². The lowest BCUT2D eigenvalue weighted by Gasteiger charge is -2.33. The number of benzene rings is 7. The third-order valence-electron chi connectivity index (χ3n) is 9.48. The van der Waals surface area contributed by atoms with Gasteiger partial charge in [0.25, 0.3) is 0 Å². The maximum Gasteiger partial charge on any atom is 0.434 e. The van der Waals surface area contributed by atoms with Gasteiger partial charge in [0.05, 0.1) is 11.0 Å². The van der Waals surface area contributed by atoms with Crippen molar-refractivity contribution >= 4 is 39.6 Å². The first kappa shape index (κ1) is 25.3. The second-order valence-electron chi connectivity index (χ2n) is 12.1. The van der Waals surface area contributed by atoms with Crippen LogP contribution < -0.4 is 20.3 Å². The molecule has 2 aliphatic heterocycles. The van der Waals surface area contributed by atoms with Gasteiger partial charge < -0.3 is 14.0 Å². The van der Waals surface area contributed by atoms with Gasteiger partial charge in [-0.1, -0.05) is 115 Å². The molecule has 0 N–H and O–H groups in total. The minimum Gasteiger partial charge on any atom is -0.551 e. The Balaban J connectivity index is 1.09. The third-order valence-corrected chi connectivity index (χ3v) is 9.48. The Bertz CT molecular complexity index is 2440. The summed E-state index contributed by atoms with van der Waals surface area (Å²) in [5.41, 5.74) is 12.5. The van der Waals surface area contributed by atoms with E-state index in [1.165, 1.54) is 27.4 Å². The molecule has 0 fully saturated rings. The zero-order chi connectivity index (χ0) is 30.2. The molecule has 3 heterocycles. The molecule has 2 aliphatic rings. The summed E-state index contributed by atoms with van der Waals surface area (Å²) in [5.74, 6) is 2.58. The zero-order valence-electron chi connectivity index (χ0n) is 24.9. The van der Waals surface area contributed by atoms with Gasteiger partial charge in [0.1, 0.15) is 17.2 Å². The van der Waals surface area contributed by atoms with E-state index in [0.29, 0.717) is 0 Å². The summed E-state index contributed by atoms with van der Waals surface area (Å²) >= 11 is 0. The molecule has 214 valence electrons. The Morgan fingerprint density at radius 2 is 1.11 bits per heavy atom. The number of fused-ring (bicyclic) bond motifs is 7. The van der Waals surface area contributed by atoms with Crippen LogP contribution in [0.3, 0.4) is 0 Å². The number of aromatic nitrogens is 1. The van der Waals surface area contributed by atoms with Crippen molar-refractivity contribution in [1.29, 1.82) is 0 Å². The van der Waals surface area contributed by atoms with E-state index in [1.807, 2.05) is 12.1 Å². The molecule has 46 heavy (non-hydrogen) atoms. The van der Waals surface area contributed by atoms with Crippen LogP contribution in [0.15, 0.2) is 158 Å². The molecule has 0 aliphatic carbocycles. The molecule has 4 heteroatoms. The van der Waals surface area contributed by atoms with Crippen LogP contribution in [0.2, 0.25) is 0 Å². The average Bonchev–Trinajstić information content (AvgIpc) is 3.46. The molecule has 0 unspecified atom stereocenters. The molecule has 0 radical (unpaired) electrons. The fourth-order valence-electron chi connectivity index (χ4n) is 7.37. The number of para-hydroxylation sites is 2. The van der Waals surface area contributed by atoms with Gasteiger partial charge in [0.2, 0.25) is 0 Å². The molecule has 0 atom stereocenters. The summed E-state index contributed by atoms with van der Waals surface area (Å²) in [6.45, 7) is -0.269. The molecule has 0 bridgehead atoms. The highest BCUT2D eigenvalue weighted by atomic mass is 16.5. The SMILES string of the molecule is c1ccc(-c2ccc3c(c2)OB2c4cc(-c5cccc(-n6c7ccccc7c7ccccc76)c5)ccc4Oc4cccc-3c42)cc1. The molecular weight excluding hydrogens is 561 g/mol. The van der Waals surface area contributed by atoms with Gasteiger partial charge in [0, 0.05) is 32.9 Å². The standard InChI is InChI=1S/C42H26BNO2/c1-2-10-27(11-3-1)30-20-22-34-35-16-9-19-40-42(35)43(46-41(34)26-30)36-25-29(21-23-39(36)45-40)28-12-8-13-31(24-28)44-37-17-6-4-14-32(37)33-15-5-7-18-38(33)44/h1-26H. The number of rotatable bonds is 3. The summed E-state index contributed by atoms with van der Waals surface area (Å²) < 4.78 is 15.8. The van der Waals surface area contributed by atoms with Crippen molar-refractivity contribution in [2.24, 2.45) is 0 Å². The van der Waals surface area contributed by atoms with Gasteiger partial charge in [-0.3, -0.25) is 0 Å². The van der Waals surface area contributed by atoms with E-state index in [4.69, 9.17) is 9.39 Å². The van der Waals surface area contributed by atoms with Crippen molar-refractivity contribution in [2.75, 3.05) is 0 Å². The fourth-order valence-corrected chi connectivity index (χ4v) is 7.37. The lowest BCUT2D eigenvalue weighted by molar-refractivity contribution is 0.479. The summed E-state index contributed by atoms with van der Waals surface area (Å²) in [6, 6.07) is 55.9. The molecule has 8 aromatic rings. The predicted molar refractivity (Wildman–Crippen MR) is 189 cm³/mol. The van der Waals surface area contributed by atoms with Crippen LogP contribution >= 0.6 is 0 Å². The second-order valence-corrected chi connectivity index (χ2v) is 12.1. The number of ether oxygens (including phenoxy) is 1. The van der Waals surface area contributed by atoms with Crippen LogP contribution in [0.1, 0.15) is 0 Å². The average molecular weight is 587 g/mol. The first-order valence-electron chi connectivity index (χ1n) is 15.7. The van der Waals surface area contributed by atoms with Gasteiger partial charge >= 0.3 is 6.92 Å². The molecule has 0 saturated heterocycles. The van der Waals surface area contributed by atoms with E-state index >= 15 is 0 Å². The van der Waals surface area contributed by atoms with Crippen LogP contribution in [-0.4, -0.2) is 11.5 Å². The minimum absolute atomic E-state index is 0.269. The third kappa shape index (κ3) is 3.74. The number of hydrogen-bond donors (Lipinski definition) is 0. The molecule has 0 saturated carbocycles. The van der Waals surface area contributed by atoms with Gasteiger partial charge in [0.15, 0.2) is 0 Å². The molecule has 0 spiro atoms. The molecular formula is C42H26BNO2. The van der Waals surface area contributed by atoms with Crippen LogP contribution in [0.5, 0.6) is 17.2 Å². The Morgan fingerprint density at radius 1 is 0.435 bits per heavy atom. The minimum atomic E-state index is -0.269. The van der Waals surface area contributed by atoms with Crippen LogP contribution in [0.25, 0.3) is 60.9 Å². The topological polar surface area (TPSA) is 23.4 Å². The van der Waals surface area contributed by atoms with E-state index in [0.717, 1.165) is 61.7 Å². The maximum absolute atomic E-state index is 6.91. The second kappa shape index (κ2) is 9.75. The predicted octanol–water partition coefficient (Wildman–Crippen LogP) is 9.39. The monoisotopic (exact) mass is 587 g/mol. The maximum atomic E-state index is 6.91. The van der Waals surface area contributed by atoms with Gasteiger partial charge in [-0.25, -0.2) is 0 Å². The Kier molecular flexibility index (Phi) is 5.37. The van der Waals surface area contributed by atoms with Gasteiger partial charge in [-0.2, -0.15) is 0 Å². The van der Waals surface area contributed by atoms with Crippen molar-refractivity contribution in [1.82, 2.24) is 4.57 Å². The first-order chi connectivity index (χ1) is 22.8. The highest BCUT2D eigenvalue weighted by molar-refractivity contribution is 6.84. The van der Waals surface area contributed by atoms with Crippen LogP contribution in [-0.2, 0) is 0 Å². The fraction of sp³-hybridized carbons (Fsp3) is 0. The smallest absolute Gasteiger partial charge is 0.434 e. The lowest BCUT2D eigenvalue weighted by Crippen LogP contribution is -2.53. The van der Waals surface area contributed by atoms with E-state index in [1.54, 1.807) is 0 Å². The van der Waals surface area contributed by atoms with Crippen LogP contribution in [0.4, 0.5) is 0 Å². The van der Waals surface area contributed by atoms with Crippen molar-refractivity contribution < 1.29 is 9.39 Å². The number of hydrogen-bond acceptors (Lipinski definition) is 2. The van der Waals surface area contributed by atoms with Crippen molar-refractivity contribution in [3.8, 4) is 56.3 Å². The van der Waals surface area contributed by atoms with Crippen molar-refractivity contribution in [3.63, 3.8) is 0 Å². The van der Waals surface area contributed by atoms with Crippen molar-refractivity contribution in [3.05, 3.63) is 158 Å². The largest absolute Gasteiger partial charge is 0.551 e. The molecule has 3 nitrogen and oxygen atoms in total. The summed E-state index contributed by atoms with van der Waals surface area (Å²) in [6.07, 6.45) is 0. The lowest BCUT2D eigenvalue weighted by atomic mass is 9.50. The van der Waals surface area contributed by atoms with Crippen molar-refractivity contribution in [2.45, 2.75) is 0 Å². The normalized spacial score (nSPS) is 12.7. The van der Waals surface area contributed by atoms with E-state index in [-0.39, 0.29) is 6.92 Å². The van der Waals surface area contributed by atoms with E-state index < -0.39 is 0 Å². The zero-order valence-corrected chi connectivity index (χ0v) is 24.9. The Morgan fingerprint density at radius 3 is 1.93 bits per heavy atom.